The Hall–Kier alpha value is -2.19. The van der Waals surface area contributed by atoms with Gasteiger partial charge in [-0.1, -0.05) is 17.7 Å². The van der Waals surface area contributed by atoms with Crippen molar-refractivity contribution in [3.8, 4) is 0 Å². The lowest BCUT2D eigenvalue weighted by molar-refractivity contribution is -0.120. The molecule has 25 heavy (non-hydrogen) atoms. The third kappa shape index (κ3) is 4.90. The van der Waals surface area contributed by atoms with Gasteiger partial charge in [0.05, 0.1) is 17.0 Å². The van der Waals surface area contributed by atoms with E-state index in [0.717, 1.165) is 22.5 Å². The molecule has 0 radical (unpaired) electrons. The van der Waals surface area contributed by atoms with Crippen molar-refractivity contribution in [2.45, 2.75) is 32.1 Å². The summed E-state index contributed by atoms with van der Waals surface area (Å²) in [6, 6.07) is 6.61. The third-order valence-electron chi connectivity index (χ3n) is 4.07. The van der Waals surface area contributed by atoms with E-state index in [4.69, 9.17) is 0 Å². The van der Waals surface area contributed by atoms with Gasteiger partial charge in [-0.05, 0) is 32.9 Å². The number of sulfonamides is 1. The standard InChI is InChI=1S/C17H24N4O3S/c1-12-5-7-15(8-6-12)25(23,24)19-10-9-18-17(22)11-16-13(2)20-21(4)14(16)3/h5-8,19H,9-11H2,1-4H3,(H,18,22). The highest BCUT2D eigenvalue weighted by Gasteiger charge is 2.15. The van der Waals surface area contributed by atoms with E-state index in [0.29, 0.717) is 0 Å². The number of aromatic nitrogens is 2. The predicted molar refractivity (Wildman–Crippen MR) is 95.8 cm³/mol. The molecule has 2 rings (SSSR count). The van der Waals surface area contributed by atoms with Crippen molar-refractivity contribution in [1.82, 2.24) is 19.8 Å². The number of hydrogen-bond donors (Lipinski definition) is 2. The quantitative estimate of drug-likeness (QED) is 0.717. The van der Waals surface area contributed by atoms with Crippen molar-refractivity contribution in [2.75, 3.05) is 13.1 Å². The Balaban J connectivity index is 1.82. The Morgan fingerprint density at radius 3 is 2.32 bits per heavy atom. The fourth-order valence-corrected chi connectivity index (χ4v) is 3.52. The number of nitrogens with one attached hydrogen (secondary N) is 2. The van der Waals surface area contributed by atoms with Crippen LogP contribution in [0.15, 0.2) is 29.2 Å². The Kier molecular flexibility index (Phi) is 5.97. The van der Waals surface area contributed by atoms with E-state index in [1.807, 2.05) is 27.8 Å². The maximum atomic E-state index is 12.1. The third-order valence-corrected chi connectivity index (χ3v) is 5.54. The summed E-state index contributed by atoms with van der Waals surface area (Å²) in [5.41, 5.74) is 3.68. The first-order valence-electron chi connectivity index (χ1n) is 8.03. The molecule has 136 valence electrons. The molecular formula is C17H24N4O3S. The number of nitrogens with zero attached hydrogens (tertiary/aromatic N) is 2. The molecule has 1 amide bonds. The number of hydrogen-bond acceptors (Lipinski definition) is 4. The zero-order valence-electron chi connectivity index (χ0n) is 15.0. The molecule has 0 atom stereocenters. The Morgan fingerprint density at radius 2 is 1.76 bits per heavy atom. The molecular weight excluding hydrogens is 340 g/mol. The van der Waals surface area contributed by atoms with E-state index in [9.17, 15) is 13.2 Å². The minimum absolute atomic E-state index is 0.132. The Morgan fingerprint density at radius 1 is 1.12 bits per heavy atom. The van der Waals surface area contributed by atoms with Gasteiger partial charge in [0.25, 0.3) is 0 Å². The largest absolute Gasteiger partial charge is 0.354 e. The fourth-order valence-electron chi connectivity index (χ4n) is 2.48. The van der Waals surface area contributed by atoms with Gasteiger partial charge in [0.1, 0.15) is 0 Å². The molecule has 1 heterocycles. The molecule has 0 fully saturated rings. The molecule has 0 bridgehead atoms. The second kappa shape index (κ2) is 7.79. The maximum absolute atomic E-state index is 12.1. The molecule has 0 saturated heterocycles. The summed E-state index contributed by atoms with van der Waals surface area (Å²) in [6.45, 7) is 6.03. The molecule has 0 aliphatic carbocycles. The molecule has 0 spiro atoms. The van der Waals surface area contributed by atoms with Crippen molar-refractivity contribution in [2.24, 2.45) is 7.05 Å². The van der Waals surface area contributed by atoms with E-state index in [2.05, 4.69) is 15.1 Å². The average Bonchev–Trinajstić information content (AvgIpc) is 2.78. The van der Waals surface area contributed by atoms with Crippen molar-refractivity contribution in [3.05, 3.63) is 46.8 Å². The van der Waals surface area contributed by atoms with E-state index < -0.39 is 10.0 Å². The van der Waals surface area contributed by atoms with Gasteiger partial charge in [-0.3, -0.25) is 9.48 Å². The predicted octanol–water partition coefficient (Wildman–Crippen LogP) is 0.983. The molecule has 2 N–H and O–H groups in total. The van der Waals surface area contributed by atoms with Gasteiger partial charge >= 0.3 is 0 Å². The summed E-state index contributed by atoms with van der Waals surface area (Å²) < 4.78 is 28.5. The molecule has 7 nitrogen and oxygen atoms in total. The van der Waals surface area contributed by atoms with E-state index in [1.54, 1.807) is 28.9 Å². The Labute approximate surface area is 148 Å². The molecule has 0 aliphatic rings. The lowest BCUT2D eigenvalue weighted by Crippen LogP contribution is -2.35. The van der Waals surface area contributed by atoms with Gasteiger partial charge in [-0.25, -0.2) is 13.1 Å². The van der Waals surface area contributed by atoms with Crippen LogP contribution in [0, 0.1) is 20.8 Å². The second-order valence-corrected chi connectivity index (χ2v) is 7.78. The van der Waals surface area contributed by atoms with Crippen LogP contribution in [-0.2, 0) is 28.3 Å². The smallest absolute Gasteiger partial charge is 0.240 e. The summed E-state index contributed by atoms with van der Waals surface area (Å²) in [5, 5.41) is 7.00. The number of aryl methyl sites for hydroxylation is 3. The van der Waals surface area contributed by atoms with E-state index >= 15 is 0 Å². The summed E-state index contributed by atoms with van der Waals surface area (Å²) in [4.78, 5) is 12.2. The number of carbonyl (C=O) groups is 1. The molecule has 1 aromatic carbocycles. The van der Waals surface area contributed by atoms with Gasteiger partial charge in [0, 0.05) is 31.4 Å². The average molecular weight is 364 g/mol. The lowest BCUT2D eigenvalue weighted by atomic mass is 10.1. The second-order valence-electron chi connectivity index (χ2n) is 6.01. The maximum Gasteiger partial charge on any atom is 0.240 e. The molecule has 1 aromatic heterocycles. The SMILES string of the molecule is Cc1ccc(S(=O)(=O)NCCNC(=O)Cc2c(C)nn(C)c2C)cc1. The normalized spacial score (nSPS) is 11.5. The minimum atomic E-state index is -3.56. The highest BCUT2D eigenvalue weighted by Crippen LogP contribution is 2.12. The Bertz CT molecular complexity index is 855. The van der Waals surface area contributed by atoms with Gasteiger partial charge < -0.3 is 5.32 Å². The summed E-state index contributed by atoms with van der Waals surface area (Å²) in [5.74, 6) is -0.159. The highest BCUT2D eigenvalue weighted by atomic mass is 32.2. The lowest BCUT2D eigenvalue weighted by Gasteiger charge is -2.08. The van der Waals surface area contributed by atoms with Crippen molar-refractivity contribution >= 4 is 15.9 Å². The molecule has 0 aliphatic heterocycles. The number of amides is 1. The molecule has 0 unspecified atom stereocenters. The topological polar surface area (TPSA) is 93.1 Å². The monoisotopic (exact) mass is 364 g/mol. The summed E-state index contributed by atoms with van der Waals surface area (Å²) in [6.07, 6.45) is 0.232. The van der Waals surface area contributed by atoms with E-state index in [1.165, 1.54) is 0 Å². The van der Waals surface area contributed by atoms with Crippen molar-refractivity contribution < 1.29 is 13.2 Å². The number of carbonyl (C=O) groups excluding carboxylic acids is 1. The zero-order chi connectivity index (χ0) is 18.6. The first kappa shape index (κ1) is 19.1. The minimum Gasteiger partial charge on any atom is -0.354 e. The first-order chi connectivity index (χ1) is 11.7. The van der Waals surface area contributed by atoms with Crippen molar-refractivity contribution in [1.29, 1.82) is 0 Å². The van der Waals surface area contributed by atoms with Crippen LogP contribution in [0.25, 0.3) is 0 Å². The van der Waals surface area contributed by atoms with Crippen LogP contribution in [0.1, 0.15) is 22.5 Å². The van der Waals surface area contributed by atoms with Gasteiger partial charge in [-0.15, -0.1) is 0 Å². The zero-order valence-corrected chi connectivity index (χ0v) is 15.8. The van der Waals surface area contributed by atoms with Crippen LogP contribution in [0.2, 0.25) is 0 Å². The summed E-state index contributed by atoms with van der Waals surface area (Å²) >= 11 is 0. The van der Waals surface area contributed by atoms with Crippen LogP contribution in [0.3, 0.4) is 0 Å². The van der Waals surface area contributed by atoms with Crippen LogP contribution in [-0.4, -0.2) is 37.2 Å². The van der Waals surface area contributed by atoms with E-state index in [-0.39, 0.29) is 30.3 Å². The molecule has 2 aromatic rings. The number of rotatable bonds is 7. The highest BCUT2D eigenvalue weighted by molar-refractivity contribution is 7.89. The van der Waals surface area contributed by atoms with Crippen LogP contribution in [0.4, 0.5) is 0 Å². The molecule has 8 heteroatoms. The van der Waals surface area contributed by atoms with Crippen LogP contribution in [0.5, 0.6) is 0 Å². The first-order valence-corrected chi connectivity index (χ1v) is 9.51. The van der Waals surface area contributed by atoms with Crippen LogP contribution < -0.4 is 10.0 Å². The van der Waals surface area contributed by atoms with Gasteiger partial charge in [0.2, 0.25) is 15.9 Å². The van der Waals surface area contributed by atoms with Gasteiger partial charge in [0.15, 0.2) is 0 Å². The fraction of sp³-hybridized carbons (Fsp3) is 0.412. The van der Waals surface area contributed by atoms with Crippen LogP contribution >= 0.6 is 0 Å². The summed E-state index contributed by atoms with van der Waals surface area (Å²) in [7, 11) is -1.72. The molecule has 0 saturated carbocycles. The van der Waals surface area contributed by atoms with Crippen molar-refractivity contribution in [3.63, 3.8) is 0 Å². The number of benzene rings is 1. The van der Waals surface area contributed by atoms with Gasteiger partial charge in [-0.2, -0.15) is 5.10 Å².